The second-order valence-corrected chi connectivity index (χ2v) is 3.67. The minimum atomic E-state index is 0.368. The Bertz CT molecular complexity index is 319. The van der Waals surface area contributed by atoms with Gasteiger partial charge in [-0.05, 0) is 24.5 Å². The number of hydrogen-bond acceptors (Lipinski definition) is 2. The molecular formula is C9H12Cl2N2. The van der Waals surface area contributed by atoms with Gasteiger partial charge in [0.1, 0.15) is 0 Å². The molecule has 0 aliphatic heterocycles. The lowest BCUT2D eigenvalue weighted by Gasteiger charge is -2.13. The summed E-state index contributed by atoms with van der Waals surface area (Å²) in [7, 11) is 0. The minimum absolute atomic E-state index is 0.368. The van der Waals surface area contributed by atoms with Crippen LogP contribution in [0.4, 0.5) is 11.4 Å². The molecule has 72 valence electrons. The molecule has 0 radical (unpaired) electrons. The zero-order valence-electron chi connectivity index (χ0n) is 7.62. The number of halogens is 2. The molecule has 1 rings (SSSR count). The first-order valence-electron chi connectivity index (χ1n) is 4.02. The summed E-state index contributed by atoms with van der Waals surface area (Å²) in [5.41, 5.74) is 14.3. The van der Waals surface area contributed by atoms with Crippen molar-refractivity contribution in [2.45, 2.75) is 20.3 Å². The summed E-state index contributed by atoms with van der Waals surface area (Å²) in [4.78, 5) is 0. The van der Waals surface area contributed by atoms with Crippen molar-refractivity contribution >= 4 is 34.6 Å². The highest BCUT2D eigenvalue weighted by atomic mass is 35.5. The van der Waals surface area contributed by atoms with Gasteiger partial charge in [-0.2, -0.15) is 0 Å². The maximum atomic E-state index is 5.97. The predicted octanol–water partition coefficient (Wildman–Crippen LogP) is 3.03. The summed E-state index contributed by atoms with van der Waals surface area (Å²) in [6.07, 6.45) is 0.803. The summed E-state index contributed by atoms with van der Waals surface area (Å²) in [6.45, 7) is 3.89. The molecule has 2 nitrogen and oxygen atoms in total. The lowest BCUT2D eigenvalue weighted by Crippen LogP contribution is -2.02. The molecule has 1 aromatic rings. The Hall–Kier alpha value is -0.600. The lowest BCUT2D eigenvalue weighted by atomic mass is 10.0. The van der Waals surface area contributed by atoms with E-state index in [2.05, 4.69) is 0 Å². The molecule has 4 N–H and O–H groups in total. The molecule has 1 aromatic carbocycles. The predicted molar refractivity (Wildman–Crippen MR) is 59.4 cm³/mol. The van der Waals surface area contributed by atoms with Crippen LogP contribution in [0.25, 0.3) is 0 Å². The third-order valence-corrected chi connectivity index (χ3v) is 3.06. The van der Waals surface area contributed by atoms with E-state index in [9.17, 15) is 0 Å². The van der Waals surface area contributed by atoms with Gasteiger partial charge in [0.05, 0.1) is 21.4 Å². The van der Waals surface area contributed by atoms with Gasteiger partial charge in [0.25, 0.3) is 0 Å². The van der Waals surface area contributed by atoms with Crippen LogP contribution in [0.3, 0.4) is 0 Å². The van der Waals surface area contributed by atoms with Crippen LogP contribution in [-0.2, 0) is 6.42 Å². The fraction of sp³-hybridized carbons (Fsp3) is 0.333. The van der Waals surface area contributed by atoms with Gasteiger partial charge in [-0.25, -0.2) is 0 Å². The average molecular weight is 219 g/mol. The monoisotopic (exact) mass is 218 g/mol. The highest BCUT2D eigenvalue weighted by Gasteiger charge is 2.14. The first-order chi connectivity index (χ1) is 6.00. The summed E-state index contributed by atoms with van der Waals surface area (Å²) in [5.74, 6) is 0. The van der Waals surface area contributed by atoms with E-state index < -0.39 is 0 Å². The highest BCUT2D eigenvalue weighted by Crippen LogP contribution is 2.38. The number of benzene rings is 1. The van der Waals surface area contributed by atoms with E-state index >= 15 is 0 Å². The van der Waals surface area contributed by atoms with Crippen LogP contribution in [0.5, 0.6) is 0 Å². The fourth-order valence-corrected chi connectivity index (χ4v) is 1.83. The van der Waals surface area contributed by atoms with Crippen molar-refractivity contribution in [3.8, 4) is 0 Å². The van der Waals surface area contributed by atoms with Crippen LogP contribution in [-0.4, -0.2) is 0 Å². The second-order valence-electron chi connectivity index (χ2n) is 2.91. The van der Waals surface area contributed by atoms with E-state index in [-0.39, 0.29) is 0 Å². The SMILES string of the molecule is CCc1c(C)c(Cl)c(N)c(Cl)c1N. The smallest absolute Gasteiger partial charge is 0.0882 e. The molecule has 0 aliphatic rings. The molecule has 0 saturated carbocycles. The lowest BCUT2D eigenvalue weighted by molar-refractivity contribution is 1.11. The quantitative estimate of drug-likeness (QED) is 0.713. The Morgan fingerprint density at radius 1 is 1.08 bits per heavy atom. The van der Waals surface area contributed by atoms with Crippen molar-refractivity contribution in [3.05, 3.63) is 21.2 Å². The molecule has 0 spiro atoms. The topological polar surface area (TPSA) is 52.0 Å². The Balaban J connectivity index is 3.56. The number of rotatable bonds is 1. The normalized spacial score (nSPS) is 10.5. The Morgan fingerprint density at radius 2 is 1.62 bits per heavy atom. The van der Waals surface area contributed by atoms with Gasteiger partial charge in [-0.3, -0.25) is 0 Å². The summed E-state index contributed by atoms with van der Waals surface area (Å²) in [5, 5.41) is 0.878. The largest absolute Gasteiger partial charge is 0.397 e. The van der Waals surface area contributed by atoms with Crippen LogP contribution in [0.1, 0.15) is 18.1 Å². The summed E-state index contributed by atoms with van der Waals surface area (Å²) >= 11 is 11.9. The van der Waals surface area contributed by atoms with E-state index in [1.54, 1.807) is 0 Å². The van der Waals surface area contributed by atoms with Crippen molar-refractivity contribution in [3.63, 3.8) is 0 Å². The van der Waals surface area contributed by atoms with Gasteiger partial charge in [0, 0.05) is 0 Å². The molecule has 0 unspecified atom stereocenters. The van der Waals surface area contributed by atoms with Gasteiger partial charge >= 0.3 is 0 Å². The standard InChI is InChI=1S/C9H12Cl2N2/c1-3-5-4(2)6(10)9(13)7(11)8(5)12/h3,12-13H2,1-2H3. The van der Waals surface area contributed by atoms with Crippen molar-refractivity contribution in [2.24, 2.45) is 0 Å². The van der Waals surface area contributed by atoms with E-state index in [4.69, 9.17) is 34.7 Å². The van der Waals surface area contributed by atoms with Crippen LogP contribution in [0, 0.1) is 6.92 Å². The van der Waals surface area contributed by atoms with Gasteiger partial charge in [0.15, 0.2) is 0 Å². The van der Waals surface area contributed by atoms with Gasteiger partial charge in [0.2, 0.25) is 0 Å². The maximum absolute atomic E-state index is 5.97. The Labute approximate surface area is 87.8 Å². The first-order valence-corrected chi connectivity index (χ1v) is 4.77. The van der Waals surface area contributed by atoms with Gasteiger partial charge in [-0.15, -0.1) is 0 Å². The van der Waals surface area contributed by atoms with Crippen molar-refractivity contribution < 1.29 is 0 Å². The number of anilines is 2. The molecule has 4 heteroatoms. The van der Waals surface area contributed by atoms with E-state index in [0.29, 0.717) is 21.4 Å². The first kappa shape index (κ1) is 10.5. The van der Waals surface area contributed by atoms with Crippen molar-refractivity contribution in [2.75, 3.05) is 11.5 Å². The molecule has 0 saturated heterocycles. The molecule has 0 amide bonds. The molecule has 0 aromatic heterocycles. The van der Waals surface area contributed by atoms with E-state index in [1.807, 2.05) is 13.8 Å². The highest BCUT2D eigenvalue weighted by molar-refractivity contribution is 6.41. The maximum Gasteiger partial charge on any atom is 0.0882 e. The number of nitrogen functional groups attached to an aromatic ring is 2. The average Bonchev–Trinajstić information content (AvgIpc) is 2.13. The van der Waals surface area contributed by atoms with Crippen molar-refractivity contribution in [1.82, 2.24) is 0 Å². The van der Waals surface area contributed by atoms with Crippen LogP contribution >= 0.6 is 23.2 Å². The molecule has 0 bridgehead atoms. The van der Waals surface area contributed by atoms with Gasteiger partial charge < -0.3 is 11.5 Å². The minimum Gasteiger partial charge on any atom is -0.397 e. The summed E-state index contributed by atoms with van der Waals surface area (Å²) < 4.78 is 0. The third kappa shape index (κ3) is 1.56. The zero-order chi connectivity index (χ0) is 10.2. The Kier molecular flexibility index (Phi) is 2.94. The molecular weight excluding hydrogens is 207 g/mol. The summed E-state index contributed by atoms with van der Waals surface area (Å²) in [6, 6.07) is 0. The van der Waals surface area contributed by atoms with Crippen LogP contribution in [0.15, 0.2) is 0 Å². The van der Waals surface area contributed by atoms with Gasteiger partial charge in [-0.1, -0.05) is 30.1 Å². The third-order valence-electron chi connectivity index (χ3n) is 2.17. The molecule has 13 heavy (non-hydrogen) atoms. The second kappa shape index (κ2) is 3.64. The fourth-order valence-electron chi connectivity index (χ4n) is 1.37. The zero-order valence-corrected chi connectivity index (χ0v) is 9.13. The molecule has 0 heterocycles. The molecule has 0 atom stereocenters. The molecule has 0 fully saturated rings. The van der Waals surface area contributed by atoms with E-state index in [0.717, 1.165) is 17.5 Å². The van der Waals surface area contributed by atoms with E-state index in [1.165, 1.54) is 0 Å². The van der Waals surface area contributed by atoms with Crippen LogP contribution in [0.2, 0.25) is 10.0 Å². The van der Waals surface area contributed by atoms with Crippen LogP contribution < -0.4 is 11.5 Å². The van der Waals surface area contributed by atoms with Crippen molar-refractivity contribution in [1.29, 1.82) is 0 Å². The number of nitrogens with two attached hydrogens (primary N) is 2. The number of hydrogen-bond donors (Lipinski definition) is 2. The molecule has 0 aliphatic carbocycles. The Morgan fingerprint density at radius 3 is 2.08 bits per heavy atom.